The van der Waals surface area contributed by atoms with Gasteiger partial charge in [0, 0.05) is 18.9 Å². The molecule has 1 aliphatic heterocycles. The summed E-state index contributed by atoms with van der Waals surface area (Å²) in [4.78, 5) is 6.15. The molecule has 0 spiro atoms. The van der Waals surface area contributed by atoms with Gasteiger partial charge in [-0.25, -0.2) is 4.98 Å². The fourth-order valence-corrected chi connectivity index (χ4v) is 2.20. The van der Waals surface area contributed by atoms with Crippen LogP contribution in [0.25, 0.3) is 0 Å². The Morgan fingerprint density at radius 3 is 3.00 bits per heavy atom. The van der Waals surface area contributed by atoms with Gasteiger partial charge in [-0.3, -0.25) is 0 Å². The lowest BCUT2D eigenvalue weighted by atomic mass is 10.2. The summed E-state index contributed by atoms with van der Waals surface area (Å²) in [6, 6.07) is 3.80. The van der Waals surface area contributed by atoms with Crippen LogP contribution in [0.2, 0.25) is 5.15 Å². The van der Waals surface area contributed by atoms with Gasteiger partial charge in [0.05, 0.1) is 0 Å². The van der Waals surface area contributed by atoms with Crippen molar-refractivity contribution in [3.05, 3.63) is 40.7 Å². The van der Waals surface area contributed by atoms with E-state index in [9.17, 15) is 0 Å². The Morgan fingerprint density at radius 2 is 2.40 bits per heavy atom. The van der Waals surface area contributed by atoms with E-state index in [0.29, 0.717) is 5.15 Å². The van der Waals surface area contributed by atoms with Gasteiger partial charge in [-0.2, -0.15) is 0 Å². The molecule has 5 heteroatoms. The summed E-state index contributed by atoms with van der Waals surface area (Å²) in [5.74, 6) is 0. The van der Waals surface area contributed by atoms with Gasteiger partial charge in [-0.05, 0) is 23.5 Å². The molecule has 3 nitrogen and oxygen atoms in total. The second-order valence-corrected chi connectivity index (χ2v) is 4.70. The molecule has 1 aliphatic rings. The molecule has 2 rings (SSSR count). The van der Waals surface area contributed by atoms with Crippen molar-refractivity contribution in [2.24, 2.45) is 5.73 Å². The van der Waals surface area contributed by atoms with E-state index in [1.165, 1.54) is 5.56 Å². The zero-order valence-corrected chi connectivity index (χ0v) is 9.71. The summed E-state index contributed by atoms with van der Waals surface area (Å²) in [5, 5.41) is 2.55. The number of pyridine rings is 1. The smallest absolute Gasteiger partial charge is 0.129 e. The molecule has 0 bridgehead atoms. The summed E-state index contributed by atoms with van der Waals surface area (Å²) >= 11 is 7.34. The lowest BCUT2D eigenvalue weighted by Crippen LogP contribution is -2.33. The molecule has 2 N–H and O–H groups in total. The number of nitrogens with zero attached hydrogens (tertiary/aromatic N) is 2. The summed E-state index contributed by atoms with van der Waals surface area (Å²) in [5.41, 5.74) is 7.10. The van der Waals surface area contributed by atoms with E-state index in [1.807, 2.05) is 23.7 Å². The quantitative estimate of drug-likeness (QED) is 0.823. The maximum absolute atomic E-state index is 5.86. The third-order valence-electron chi connectivity index (χ3n) is 2.24. The highest BCUT2D eigenvalue weighted by Crippen LogP contribution is 2.20. The third-order valence-corrected chi connectivity index (χ3v) is 3.30. The number of hydrogen-bond acceptors (Lipinski definition) is 4. The van der Waals surface area contributed by atoms with Gasteiger partial charge in [0.1, 0.15) is 10.7 Å². The molecule has 0 saturated heterocycles. The molecule has 1 aromatic heterocycles. The van der Waals surface area contributed by atoms with E-state index in [2.05, 4.69) is 9.88 Å². The van der Waals surface area contributed by atoms with Crippen molar-refractivity contribution in [3.63, 3.8) is 0 Å². The third kappa shape index (κ3) is 2.87. The van der Waals surface area contributed by atoms with Gasteiger partial charge in [0.2, 0.25) is 0 Å². The normalized spacial score (nSPS) is 19.9. The second kappa shape index (κ2) is 4.88. The molecule has 0 saturated carbocycles. The van der Waals surface area contributed by atoms with Crippen LogP contribution in [0.3, 0.4) is 0 Å². The number of nitrogens with two attached hydrogens (primary N) is 1. The number of halogens is 1. The maximum atomic E-state index is 5.86. The lowest BCUT2D eigenvalue weighted by molar-refractivity contribution is 0.371. The molecular weight excluding hydrogens is 230 g/mol. The minimum absolute atomic E-state index is 0.0604. The second-order valence-electron chi connectivity index (χ2n) is 3.29. The fraction of sp³-hybridized carbons (Fsp3) is 0.300. The van der Waals surface area contributed by atoms with Crippen LogP contribution >= 0.6 is 23.4 Å². The van der Waals surface area contributed by atoms with Crippen molar-refractivity contribution in [3.8, 4) is 0 Å². The molecule has 1 atom stereocenters. The van der Waals surface area contributed by atoms with E-state index in [1.54, 1.807) is 18.0 Å². The molecule has 0 aromatic carbocycles. The summed E-state index contributed by atoms with van der Waals surface area (Å²) in [6.07, 6.45) is 4.77. The van der Waals surface area contributed by atoms with Crippen LogP contribution in [0, 0.1) is 0 Å². The van der Waals surface area contributed by atoms with Crippen LogP contribution in [-0.2, 0) is 6.42 Å². The molecular formula is C10H12ClN3S. The first kappa shape index (κ1) is 10.8. The molecule has 1 unspecified atom stereocenters. The standard InChI is InChI=1S/C10H12ClN3S/c11-9-2-1-8(7-13-9)3-4-14-5-6-15-10(14)12/h1-2,5-7,10H,3-4,12H2. The van der Waals surface area contributed by atoms with Crippen molar-refractivity contribution in [1.29, 1.82) is 0 Å². The van der Waals surface area contributed by atoms with E-state index in [0.717, 1.165) is 13.0 Å². The number of aromatic nitrogens is 1. The molecule has 15 heavy (non-hydrogen) atoms. The van der Waals surface area contributed by atoms with Gasteiger partial charge in [0.15, 0.2) is 0 Å². The molecule has 0 fully saturated rings. The molecule has 80 valence electrons. The fourth-order valence-electron chi connectivity index (χ4n) is 1.37. The average Bonchev–Trinajstić information content (AvgIpc) is 2.63. The lowest BCUT2D eigenvalue weighted by Gasteiger charge is -2.20. The predicted octanol–water partition coefficient (Wildman–Crippen LogP) is 2.04. The predicted molar refractivity (Wildman–Crippen MR) is 64.4 cm³/mol. The van der Waals surface area contributed by atoms with Crippen LogP contribution in [0.5, 0.6) is 0 Å². The molecule has 0 radical (unpaired) electrons. The van der Waals surface area contributed by atoms with Crippen LogP contribution in [-0.4, -0.2) is 21.9 Å². The molecule has 0 amide bonds. The Bertz CT molecular complexity index is 352. The van der Waals surface area contributed by atoms with Gasteiger partial charge < -0.3 is 10.6 Å². The van der Waals surface area contributed by atoms with Crippen molar-refractivity contribution in [1.82, 2.24) is 9.88 Å². The average molecular weight is 242 g/mol. The Morgan fingerprint density at radius 1 is 1.53 bits per heavy atom. The zero-order chi connectivity index (χ0) is 10.7. The Labute approximate surface area is 98.3 Å². The topological polar surface area (TPSA) is 42.1 Å². The summed E-state index contributed by atoms with van der Waals surface area (Å²) in [6.45, 7) is 0.911. The van der Waals surface area contributed by atoms with E-state index in [-0.39, 0.29) is 5.50 Å². The van der Waals surface area contributed by atoms with Crippen LogP contribution < -0.4 is 5.73 Å². The Balaban J connectivity index is 1.87. The number of hydrogen-bond donors (Lipinski definition) is 1. The van der Waals surface area contributed by atoms with Crippen molar-refractivity contribution in [2.75, 3.05) is 6.54 Å². The molecule has 1 aromatic rings. The molecule has 2 heterocycles. The molecule has 0 aliphatic carbocycles. The largest absolute Gasteiger partial charge is 0.353 e. The van der Waals surface area contributed by atoms with E-state index < -0.39 is 0 Å². The van der Waals surface area contributed by atoms with Crippen molar-refractivity contribution in [2.45, 2.75) is 11.9 Å². The Kier molecular flexibility index (Phi) is 3.51. The monoisotopic (exact) mass is 241 g/mol. The van der Waals surface area contributed by atoms with Crippen LogP contribution in [0.1, 0.15) is 5.56 Å². The van der Waals surface area contributed by atoms with Gasteiger partial charge in [0.25, 0.3) is 0 Å². The summed E-state index contributed by atoms with van der Waals surface area (Å²) < 4.78 is 0. The first-order chi connectivity index (χ1) is 7.25. The Hall–Kier alpha value is -0.710. The first-order valence-corrected chi connectivity index (χ1v) is 6.02. The van der Waals surface area contributed by atoms with Gasteiger partial charge in [-0.15, -0.1) is 0 Å². The van der Waals surface area contributed by atoms with Crippen molar-refractivity contribution < 1.29 is 0 Å². The minimum Gasteiger partial charge on any atom is -0.353 e. The highest BCUT2D eigenvalue weighted by molar-refractivity contribution is 8.02. The maximum Gasteiger partial charge on any atom is 0.129 e. The SMILES string of the molecule is NC1SC=CN1CCc1ccc(Cl)nc1. The first-order valence-electron chi connectivity index (χ1n) is 4.69. The highest BCUT2D eigenvalue weighted by Gasteiger charge is 2.14. The van der Waals surface area contributed by atoms with Crippen molar-refractivity contribution >= 4 is 23.4 Å². The van der Waals surface area contributed by atoms with E-state index >= 15 is 0 Å². The number of rotatable bonds is 3. The van der Waals surface area contributed by atoms with Gasteiger partial charge >= 0.3 is 0 Å². The summed E-state index contributed by atoms with van der Waals surface area (Å²) in [7, 11) is 0. The zero-order valence-electron chi connectivity index (χ0n) is 8.14. The van der Waals surface area contributed by atoms with Crippen LogP contribution in [0.4, 0.5) is 0 Å². The van der Waals surface area contributed by atoms with Crippen LogP contribution in [0.15, 0.2) is 29.9 Å². The highest BCUT2D eigenvalue weighted by atomic mass is 35.5. The van der Waals surface area contributed by atoms with Gasteiger partial charge in [-0.1, -0.05) is 29.4 Å². The number of thioether (sulfide) groups is 1. The minimum atomic E-state index is 0.0604. The van der Waals surface area contributed by atoms with E-state index in [4.69, 9.17) is 17.3 Å².